The molecule has 0 amide bonds. The number of halogens is 2. The zero-order valence-corrected chi connectivity index (χ0v) is 12.0. The van der Waals surface area contributed by atoms with Crippen LogP contribution in [-0.4, -0.2) is 13.7 Å². The van der Waals surface area contributed by atoms with E-state index in [9.17, 15) is 8.78 Å². The maximum atomic E-state index is 14.0. The van der Waals surface area contributed by atoms with Crippen molar-refractivity contribution in [1.82, 2.24) is 5.32 Å². The van der Waals surface area contributed by atoms with Crippen molar-refractivity contribution in [2.45, 2.75) is 13.5 Å². The second-order valence-electron chi connectivity index (χ2n) is 4.45. The van der Waals surface area contributed by atoms with Gasteiger partial charge in [-0.1, -0.05) is 6.92 Å². The molecule has 0 saturated carbocycles. The highest BCUT2D eigenvalue weighted by Crippen LogP contribution is 2.29. The van der Waals surface area contributed by atoms with Crippen molar-refractivity contribution < 1.29 is 18.3 Å². The molecule has 0 spiro atoms. The van der Waals surface area contributed by atoms with Gasteiger partial charge in [-0.3, -0.25) is 0 Å². The Morgan fingerprint density at radius 3 is 2.10 bits per heavy atom. The zero-order valence-electron chi connectivity index (χ0n) is 12.0. The maximum absolute atomic E-state index is 14.0. The summed E-state index contributed by atoms with van der Waals surface area (Å²) >= 11 is 0. The van der Waals surface area contributed by atoms with Crippen LogP contribution in [-0.2, 0) is 6.54 Å². The molecule has 0 aliphatic carbocycles. The molecule has 1 N–H and O–H groups in total. The van der Waals surface area contributed by atoms with Gasteiger partial charge in [0.1, 0.15) is 11.5 Å². The van der Waals surface area contributed by atoms with Crippen LogP contribution >= 0.6 is 0 Å². The molecule has 0 bridgehead atoms. The van der Waals surface area contributed by atoms with Crippen molar-refractivity contribution in [1.29, 1.82) is 0 Å². The van der Waals surface area contributed by atoms with E-state index in [0.29, 0.717) is 23.6 Å². The molecule has 3 nitrogen and oxygen atoms in total. The fraction of sp³-hybridized carbons (Fsp3) is 0.250. The summed E-state index contributed by atoms with van der Waals surface area (Å²) in [5.41, 5.74) is 0.536. The molecule has 2 aromatic carbocycles. The van der Waals surface area contributed by atoms with Gasteiger partial charge in [-0.2, -0.15) is 0 Å². The molecule has 0 aliphatic heterocycles. The molecule has 0 saturated heterocycles. The Balaban J connectivity index is 2.19. The van der Waals surface area contributed by atoms with Gasteiger partial charge in [0.15, 0.2) is 17.4 Å². The molecule has 0 fully saturated rings. The first-order valence-corrected chi connectivity index (χ1v) is 6.64. The molecule has 0 radical (unpaired) electrons. The number of methoxy groups -OCH3 is 1. The number of benzene rings is 2. The van der Waals surface area contributed by atoms with E-state index in [1.807, 2.05) is 6.92 Å². The van der Waals surface area contributed by atoms with Gasteiger partial charge in [-0.05, 0) is 48.5 Å². The summed E-state index contributed by atoms with van der Waals surface area (Å²) in [7, 11) is 1.54. The average Bonchev–Trinajstić information content (AvgIpc) is 2.49. The first-order valence-electron chi connectivity index (χ1n) is 6.64. The third kappa shape index (κ3) is 3.92. The average molecular weight is 293 g/mol. The number of hydrogen-bond donors (Lipinski definition) is 1. The molecule has 0 unspecified atom stereocenters. The van der Waals surface area contributed by atoms with Crippen LogP contribution in [0.5, 0.6) is 17.2 Å². The third-order valence-electron chi connectivity index (χ3n) is 2.92. The van der Waals surface area contributed by atoms with Crippen molar-refractivity contribution in [2.75, 3.05) is 13.7 Å². The third-order valence-corrected chi connectivity index (χ3v) is 2.92. The largest absolute Gasteiger partial charge is 0.497 e. The summed E-state index contributed by atoms with van der Waals surface area (Å²) in [6, 6.07) is 9.03. The molecular weight excluding hydrogens is 276 g/mol. The molecule has 112 valence electrons. The lowest BCUT2D eigenvalue weighted by Gasteiger charge is -2.10. The Kier molecular flexibility index (Phi) is 5.11. The zero-order chi connectivity index (χ0) is 15.2. The van der Waals surface area contributed by atoms with Gasteiger partial charge in [-0.25, -0.2) is 8.78 Å². The molecule has 21 heavy (non-hydrogen) atoms. The highest BCUT2D eigenvalue weighted by Gasteiger charge is 2.13. The quantitative estimate of drug-likeness (QED) is 0.877. The Labute approximate surface area is 122 Å². The first-order chi connectivity index (χ1) is 10.1. The van der Waals surface area contributed by atoms with Crippen LogP contribution in [0.2, 0.25) is 0 Å². The SMILES string of the molecule is CCNCc1cc(F)c(Oc2ccc(OC)cc2)c(F)c1. The summed E-state index contributed by atoms with van der Waals surface area (Å²) < 4.78 is 38.2. The van der Waals surface area contributed by atoms with Crippen molar-refractivity contribution in [2.24, 2.45) is 0 Å². The van der Waals surface area contributed by atoms with Crippen molar-refractivity contribution in [3.63, 3.8) is 0 Å². The lowest BCUT2D eigenvalue weighted by atomic mass is 10.2. The summed E-state index contributed by atoms with van der Waals surface area (Å²) in [6.45, 7) is 3.06. The lowest BCUT2D eigenvalue weighted by molar-refractivity contribution is 0.400. The van der Waals surface area contributed by atoms with Crippen molar-refractivity contribution in [3.8, 4) is 17.2 Å². The van der Waals surface area contributed by atoms with E-state index in [-0.39, 0.29) is 0 Å². The van der Waals surface area contributed by atoms with Crippen LogP contribution in [0.4, 0.5) is 8.78 Å². The monoisotopic (exact) mass is 293 g/mol. The second kappa shape index (κ2) is 7.04. The predicted molar refractivity (Wildman–Crippen MR) is 76.8 cm³/mol. The molecule has 0 atom stereocenters. The number of hydrogen-bond acceptors (Lipinski definition) is 3. The summed E-state index contributed by atoms with van der Waals surface area (Å²) in [5.74, 6) is -0.866. The van der Waals surface area contributed by atoms with E-state index in [1.54, 1.807) is 24.3 Å². The summed E-state index contributed by atoms with van der Waals surface area (Å²) in [6.07, 6.45) is 0. The second-order valence-corrected chi connectivity index (χ2v) is 4.45. The van der Waals surface area contributed by atoms with Gasteiger partial charge >= 0.3 is 0 Å². The summed E-state index contributed by atoms with van der Waals surface area (Å²) in [5, 5.41) is 3.01. The molecular formula is C16H17F2NO2. The Hall–Kier alpha value is -2.14. The standard InChI is InChI=1S/C16H17F2NO2/c1-3-19-10-11-8-14(17)16(15(18)9-11)21-13-6-4-12(20-2)5-7-13/h4-9,19H,3,10H2,1-2H3. The highest BCUT2D eigenvalue weighted by atomic mass is 19.1. The normalized spacial score (nSPS) is 10.5. The van der Waals surface area contributed by atoms with Gasteiger partial charge in [0.25, 0.3) is 0 Å². The Morgan fingerprint density at radius 2 is 1.57 bits per heavy atom. The van der Waals surface area contributed by atoms with Crippen LogP contribution in [0.1, 0.15) is 12.5 Å². The minimum absolute atomic E-state index is 0.341. The molecule has 0 heterocycles. The van der Waals surface area contributed by atoms with E-state index in [2.05, 4.69) is 5.32 Å². The first kappa shape index (κ1) is 15.3. The van der Waals surface area contributed by atoms with Crippen molar-refractivity contribution in [3.05, 3.63) is 53.6 Å². The number of rotatable bonds is 6. The smallest absolute Gasteiger partial charge is 0.198 e. The van der Waals surface area contributed by atoms with Crippen LogP contribution in [0, 0.1) is 11.6 Å². The van der Waals surface area contributed by atoms with Gasteiger partial charge < -0.3 is 14.8 Å². The lowest BCUT2D eigenvalue weighted by Crippen LogP contribution is -2.12. The van der Waals surface area contributed by atoms with Crippen LogP contribution in [0.15, 0.2) is 36.4 Å². The molecule has 2 aromatic rings. The Morgan fingerprint density at radius 1 is 1.00 bits per heavy atom. The van der Waals surface area contributed by atoms with Gasteiger partial charge in [0, 0.05) is 6.54 Å². The molecule has 2 rings (SSSR count). The Bertz CT molecular complexity index is 577. The topological polar surface area (TPSA) is 30.5 Å². The van der Waals surface area contributed by atoms with Crippen molar-refractivity contribution >= 4 is 0 Å². The van der Waals surface area contributed by atoms with E-state index in [0.717, 1.165) is 6.54 Å². The molecule has 5 heteroatoms. The highest BCUT2D eigenvalue weighted by molar-refractivity contribution is 5.38. The summed E-state index contributed by atoms with van der Waals surface area (Å²) in [4.78, 5) is 0. The van der Waals surface area contributed by atoms with Gasteiger partial charge in [-0.15, -0.1) is 0 Å². The number of nitrogens with one attached hydrogen (secondary N) is 1. The van der Waals surface area contributed by atoms with Gasteiger partial charge in [0.05, 0.1) is 7.11 Å². The van der Waals surface area contributed by atoms with Crippen LogP contribution in [0.25, 0.3) is 0 Å². The van der Waals surface area contributed by atoms with E-state index in [4.69, 9.17) is 9.47 Å². The maximum Gasteiger partial charge on any atom is 0.198 e. The number of ether oxygens (including phenoxy) is 2. The molecule has 0 aliphatic rings. The predicted octanol–water partition coefficient (Wildman–Crippen LogP) is 3.88. The fourth-order valence-corrected chi connectivity index (χ4v) is 1.84. The van der Waals surface area contributed by atoms with E-state index < -0.39 is 17.4 Å². The van der Waals surface area contributed by atoms with Gasteiger partial charge in [0.2, 0.25) is 0 Å². The minimum atomic E-state index is -0.723. The minimum Gasteiger partial charge on any atom is -0.497 e. The van der Waals surface area contributed by atoms with Crippen LogP contribution < -0.4 is 14.8 Å². The van der Waals surface area contributed by atoms with Crippen LogP contribution in [0.3, 0.4) is 0 Å². The van der Waals surface area contributed by atoms with E-state index >= 15 is 0 Å². The van der Waals surface area contributed by atoms with E-state index in [1.165, 1.54) is 19.2 Å². The molecule has 0 aromatic heterocycles. The fourth-order valence-electron chi connectivity index (χ4n) is 1.84.